The number of benzene rings is 1. The molecule has 0 fully saturated rings. The van der Waals surface area contributed by atoms with Crippen LogP contribution in [-0.2, 0) is 24.1 Å². The van der Waals surface area contributed by atoms with E-state index in [9.17, 15) is 4.79 Å². The lowest BCUT2D eigenvalue weighted by atomic mass is 10.3. The van der Waals surface area contributed by atoms with Gasteiger partial charge in [-0.1, -0.05) is 36.0 Å². The SMILES string of the molecule is C=CCn1c(CSc2ccccc2)nnc1SC(C)C(=O)Nc1c(C#N)cnn1C. The highest BCUT2D eigenvalue weighted by atomic mass is 32.2. The van der Waals surface area contributed by atoms with Crippen molar-refractivity contribution in [2.45, 2.75) is 34.5 Å². The number of nitrogens with one attached hydrogen (secondary N) is 1. The van der Waals surface area contributed by atoms with Crippen LogP contribution >= 0.6 is 23.5 Å². The fourth-order valence-electron chi connectivity index (χ4n) is 2.59. The number of nitriles is 1. The molecular weight excluding hydrogens is 418 g/mol. The number of nitrogens with zero attached hydrogens (tertiary/aromatic N) is 6. The van der Waals surface area contributed by atoms with E-state index in [-0.39, 0.29) is 5.91 Å². The van der Waals surface area contributed by atoms with Crippen molar-refractivity contribution in [1.29, 1.82) is 5.26 Å². The van der Waals surface area contributed by atoms with Gasteiger partial charge in [-0.2, -0.15) is 10.4 Å². The number of amides is 1. The lowest BCUT2D eigenvalue weighted by molar-refractivity contribution is -0.115. The third-order valence-electron chi connectivity index (χ3n) is 4.17. The normalized spacial score (nSPS) is 11.6. The van der Waals surface area contributed by atoms with Crippen molar-refractivity contribution < 1.29 is 4.79 Å². The first-order valence-electron chi connectivity index (χ1n) is 9.14. The number of allylic oxidation sites excluding steroid dienone is 1. The van der Waals surface area contributed by atoms with Gasteiger partial charge in [0.25, 0.3) is 0 Å². The van der Waals surface area contributed by atoms with E-state index in [1.54, 1.807) is 31.8 Å². The average molecular weight is 440 g/mol. The van der Waals surface area contributed by atoms with Crippen molar-refractivity contribution in [1.82, 2.24) is 24.5 Å². The number of carbonyl (C=O) groups excluding carboxylic acids is 1. The van der Waals surface area contributed by atoms with Crippen LogP contribution in [0.1, 0.15) is 18.3 Å². The van der Waals surface area contributed by atoms with Crippen molar-refractivity contribution in [3.8, 4) is 6.07 Å². The molecule has 1 aromatic carbocycles. The maximum atomic E-state index is 12.7. The lowest BCUT2D eigenvalue weighted by Crippen LogP contribution is -2.24. The summed E-state index contributed by atoms with van der Waals surface area (Å²) in [6.07, 6.45) is 3.20. The minimum absolute atomic E-state index is 0.242. The molecule has 0 bridgehead atoms. The van der Waals surface area contributed by atoms with Crippen molar-refractivity contribution in [2.75, 3.05) is 5.32 Å². The second-order valence-electron chi connectivity index (χ2n) is 6.29. The fraction of sp³-hybridized carbons (Fsp3) is 0.250. The van der Waals surface area contributed by atoms with Gasteiger partial charge in [0.15, 0.2) is 5.16 Å². The van der Waals surface area contributed by atoms with Crippen LogP contribution in [0, 0.1) is 11.3 Å². The first kappa shape index (κ1) is 21.7. The summed E-state index contributed by atoms with van der Waals surface area (Å²) >= 11 is 2.98. The number of thioether (sulfide) groups is 2. The Labute approximate surface area is 183 Å². The molecule has 3 rings (SSSR count). The molecule has 1 N–H and O–H groups in total. The highest BCUT2D eigenvalue weighted by molar-refractivity contribution is 8.00. The average Bonchev–Trinajstić information content (AvgIpc) is 3.30. The summed E-state index contributed by atoms with van der Waals surface area (Å²) in [6.45, 7) is 6.15. The van der Waals surface area contributed by atoms with Gasteiger partial charge in [0.05, 0.1) is 17.2 Å². The Kier molecular flexibility index (Phi) is 7.32. The minimum atomic E-state index is -0.450. The molecule has 0 saturated carbocycles. The van der Waals surface area contributed by atoms with Crippen LogP contribution in [0.5, 0.6) is 0 Å². The summed E-state index contributed by atoms with van der Waals surface area (Å²) in [4.78, 5) is 13.8. The predicted molar refractivity (Wildman–Crippen MR) is 118 cm³/mol. The van der Waals surface area contributed by atoms with Gasteiger partial charge in [-0.3, -0.25) is 9.48 Å². The highest BCUT2D eigenvalue weighted by Gasteiger charge is 2.22. The molecule has 1 amide bonds. The molecule has 10 heteroatoms. The topological polar surface area (TPSA) is 101 Å². The largest absolute Gasteiger partial charge is 0.309 e. The predicted octanol–water partition coefficient (Wildman–Crippen LogP) is 3.48. The Morgan fingerprint density at radius 1 is 1.37 bits per heavy atom. The van der Waals surface area contributed by atoms with E-state index in [0.717, 1.165) is 10.7 Å². The molecule has 30 heavy (non-hydrogen) atoms. The smallest absolute Gasteiger partial charge is 0.238 e. The molecule has 154 valence electrons. The van der Waals surface area contributed by atoms with E-state index in [2.05, 4.69) is 39.3 Å². The van der Waals surface area contributed by atoms with Crippen molar-refractivity contribution in [3.05, 3.63) is 60.6 Å². The summed E-state index contributed by atoms with van der Waals surface area (Å²) in [5.41, 5.74) is 0.318. The Morgan fingerprint density at radius 3 is 2.83 bits per heavy atom. The van der Waals surface area contributed by atoms with Crippen LogP contribution in [0.3, 0.4) is 0 Å². The molecular formula is C20H21N7OS2. The maximum absolute atomic E-state index is 12.7. The molecule has 0 saturated heterocycles. The quantitative estimate of drug-likeness (QED) is 0.402. The summed E-state index contributed by atoms with van der Waals surface area (Å²) in [6, 6.07) is 12.1. The van der Waals surface area contributed by atoms with Gasteiger partial charge in [0.2, 0.25) is 5.91 Å². The van der Waals surface area contributed by atoms with Crippen molar-refractivity contribution in [2.24, 2.45) is 7.05 Å². The Hall–Kier alpha value is -3.03. The fourth-order valence-corrected chi connectivity index (χ4v) is 4.32. The lowest BCUT2D eigenvalue weighted by Gasteiger charge is -2.13. The van der Waals surface area contributed by atoms with Crippen LogP contribution in [0.2, 0.25) is 0 Å². The number of aromatic nitrogens is 5. The Balaban J connectivity index is 1.69. The molecule has 1 atom stereocenters. The molecule has 0 spiro atoms. The van der Waals surface area contributed by atoms with E-state index in [1.165, 1.54) is 22.6 Å². The molecule has 0 aliphatic carbocycles. The second kappa shape index (κ2) is 10.1. The molecule has 8 nitrogen and oxygen atoms in total. The zero-order chi connectivity index (χ0) is 21.5. The number of carbonyl (C=O) groups is 1. The van der Waals surface area contributed by atoms with Crippen LogP contribution in [0.15, 0.2) is 59.2 Å². The molecule has 1 unspecified atom stereocenters. The van der Waals surface area contributed by atoms with Crippen molar-refractivity contribution in [3.63, 3.8) is 0 Å². The van der Waals surface area contributed by atoms with Crippen LogP contribution in [0.25, 0.3) is 0 Å². The van der Waals surface area contributed by atoms with Crippen LogP contribution in [-0.4, -0.2) is 35.7 Å². The standard InChI is InChI=1S/C20H21N7OS2/c1-4-10-27-17(13-29-16-8-6-5-7-9-16)24-25-20(27)30-14(2)19(28)23-18-15(11-21)12-22-26(18)3/h4-9,12,14H,1,10,13H2,2-3H3,(H,23,28). The zero-order valence-corrected chi connectivity index (χ0v) is 18.3. The minimum Gasteiger partial charge on any atom is -0.309 e. The number of hydrogen-bond donors (Lipinski definition) is 1. The van der Waals surface area contributed by atoms with E-state index in [1.807, 2.05) is 28.8 Å². The number of anilines is 1. The number of aryl methyl sites for hydroxylation is 1. The second-order valence-corrected chi connectivity index (χ2v) is 8.65. The third-order valence-corrected chi connectivity index (χ3v) is 6.26. The van der Waals surface area contributed by atoms with E-state index >= 15 is 0 Å². The third kappa shape index (κ3) is 5.11. The van der Waals surface area contributed by atoms with Gasteiger partial charge in [-0.15, -0.1) is 28.5 Å². The summed E-state index contributed by atoms with van der Waals surface area (Å²) in [5.74, 6) is 1.61. The molecule has 2 aromatic heterocycles. The number of rotatable bonds is 9. The Morgan fingerprint density at radius 2 is 2.13 bits per heavy atom. The highest BCUT2D eigenvalue weighted by Crippen LogP contribution is 2.27. The van der Waals surface area contributed by atoms with E-state index < -0.39 is 5.25 Å². The summed E-state index contributed by atoms with van der Waals surface area (Å²) in [5, 5.41) is 24.7. The monoisotopic (exact) mass is 439 g/mol. The number of hydrogen-bond acceptors (Lipinski definition) is 7. The molecule has 2 heterocycles. The van der Waals surface area contributed by atoms with Gasteiger partial charge >= 0.3 is 0 Å². The Bertz CT molecular complexity index is 1070. The van der Waals surface area contributed by atoms with E-state index in [0.29, 0.717) is 28.8 Å². The molecule has 3 aromatic rings. The maximum Gasteiger partial charge on any atom is 0.238 e. The van der Waals surface area contributed by atoms with Crippen LogP contribution in [0.4, 0.5) is 5.82 Å². The van der Waals surface area contributed by atoms with Gasteiger partial charge in [0.1, 0.15) is 23.3 Å². The van der Waals surface area contributed by atoms with Gasteiger partial charge in [-0.25, -0.2) is 0 Å². The zero-order valence-electron chi connectivity index (χ0n) is 16.6. The summed E-state index contributed by atoms with van der Waals surface area (Å²) < 4.78 is 3.43. The van der Waals surface area contributed by atoms with Gasteiger partial charge in [0, 0.05) is 18.5 Å². The first-order chi connectivity index (χ1) is 14.5. The van der Waals surface area contributed by atoms with Gasteiger partial charge in [-0.05, 0) is 19.1 Å². The summed E-state index contributed by atoms with van der Waals surface area (Å²) in [7, 11) is 1.67. The van der Waals surface area contributed by atoms with Gasteiger partial charge < -0.3 is 9.88 Å². The molecule has 0 aliphatic rings. The van der Waals surface area contributed by atoms with E-state index in [4.69, 9.17) is 5.26 Å². The first-order valence-corrected chi connectivity index (χ1v) is 11.0. The van der Waals surface area contributed by atoms with Crippen LogP contribution < -0.4 is 5.32 Å². The molecule has 0 radical (unpaired) electrons. The van der Waals surface area contributed by atoms with Crippen molar-refractivity contribution >= 4 is 35.2 Å². The molecule has 0 aliphatic heterocycles.